The first-order chi connectivity index (χ1) is 12.7. The Morgan fingerprint density at radius 1 is 0.846 bits per heavy atom. The van der Waals surface area contributed by atoms with Crippen molar-refractivity contribution in [3.63, 3.8) is 0 Å². The maximum absolute atomic E-state index is 12.4. The lowest BCUT2D eigenvalue weighted by Gasteiger charge is -2.09. The van der Waals surface area contributed by atoms with E-state index in [1.807, 2.05) is 6.07 Å². The van der Waals surface area contributed by atoms with Crippen LogP contribution in [0.3, 0.4) is 0 Å². The van der Waals surface area contributed by atoms with Crippen molar-refractivity contribution in [3.05, 3.63) is 83.7 Å². The molecule has 0 aliphatic heterocycles. The fourth-order valence-electron chi connectivity index (χ4n) is 2.30. The third kappa shape index (κ3) is 4.02. The maximum Gasteiger partial charge on any atom is 0.257 e. The maximum atomic E-state index is 12.4. The Labute approximate surface area is 150 Å². The number of benzene rings is 2. The van der Waals surface area contributed by atoms with Gasteiger partial charge >= 0.3 is 0 Å². The van der Waals surface area contributed by atoms with Crippen LogP contribution in [-0.2, 0) is 0 Å². The van der Waals surface area contributed by atoms with Gasteiger partial charge in [0.05, 0.1) is 40.7 Å². The zero-order valence-corrected chi connectivity index (χ0v) is 13.6. The zero-order chi connectivity index (χ0) is 18.4. The van der Waals surface area contributed by atoms with Crippen molar-refractivity contribution in [3.8, 4) is 12.1 Å². The highest BCUT2D eigenvalue weighted by Gasteiger charge is 2.08. The monoisotopic (exact) mass is 339 g/mol. The third-order valence-corrected chi connectivity index (χ3v) is 3.55. The smallest absolute Gasteiger partial charge is 0.257 e. The number of hydrogen-bond donors (Lipinski definition) is 2. The highest BCUT2D eigenvalue weighted by atomic mass is 16.1. The lowest BCUT2D eigenvalue weighted by Crippen LogP contribution is -2.12. The van der Waals surface area contributed by atoms with Gasteiger partial charge in [0.1, 0.15) is 0 Å². The van der Waals surface area contributed by atoms with Gasteiger partial charge in [0.15, 0.2) is 0 Å². The van der Waals surface area contributed by atoms with Crippen molar-refractivity contribution >= 4 is 23.0 Å². The molecule has 0 unspecified atom stereocenters. The van der Waals surface area contributed by atoms with Crippen molar-refractivity contribution in [1.82, 2.24) is 4.98 Å². The number of rotatable bonds is 4. The minimum absolute atomic E-state index is 0.323. The summed E-state index contributed by atoms with van der Waals surface area (Å²) >= 11 is 0. The van der Waals surface area contributed by atoms with Crippen molar-refractivity contribution in [2.75, 3.05) is 10.6 Å². The van der Waals surface area contributed by atoms with Crippen molar-refractivity contribution in [2.24, 2.45) is 0 Å². The normalized spacial score (nSPS) is 9.62. The summed E-state index contributed by atoms with van der Waals surface area (Å²) in [6.07, 6.45) is 3.07. The highest BCUT2D eigenvalue weighted by Crippen LogP contribution is 2.18. The molecule has 26 heavy (non-hydrogen) atoms. The van der Waals surface area contributed by atoms with Crippen LogP contribution in [0.15, 0.2) is 67.0 Å². The lowest BCUT2D eigenvalue weighted by molar-refractivity contribution is 0.102. The molecule has 1 heterocycles. The van der Waals surface area contributed by atoms with E-state index in [2.05, 4.69) is 21.7 Å². The molecule has 1 amide bonds. The molecule has 0 saturated carbocycles. The van der Waals surface area contributed by atoms with E-state index in [0.717, 1.165) is 5.69 Å². The molecule has 3 rings (SSSR count). The van der Waals surface area contributed by atoms with E-state index in [-0.39, 0.29) is 5.91 Å². The van der Waals surface area contributed by atoms with Crippen LogP contribution < -0.4 is 10.6 Å². The van der Waals surface area contributed by atoms with Crippen LogP contribution >= 0.6 is 0 Å². The van der Waals surface area contributed by atoms with Crippen molar-refractivity contribution in [1.29, 1.82) is 10.5 Å². The largest absolute Gasteiger partial charge is 0.354 e. The van der Waals surface area contributed by atoms with Gasteiger partial charge in [-0.25, -0.2) is 0 Å². The quantitative estimate of drug-likeness (QED) is 0.752. The van der Waals surface area contributed by atoms with Gasteiger partial charge in [-0.05, 0) is 48.5 Å². The number of carbonyl (C=O) groups excluding carboxylic acids is 1. The molecule has 0 bridgehead atoms. The Bertz CT molecular complexity index is 1030. The summed E-state index contributed by atoms with van der Waals surface area (Å²) in [7, 11) is 0. The van der Waals surface area contributed by atoms with E-state index in [1.54, 1.807) is 60.8 Å². The average molecular weight is 339 g/mol. The minimum atomic E-state index is -0.323. The first kappa shape index (κ1) is 16.7. The van der Waals surface area contributed by atoms with Gasteiger partial charge in [0, 0.05) is 17.6 Å². The molecule has 0 aliphatic rings. The molecular weight excluding hydrogens is 326 g/mol. The second-order valence-corrected chi connectivity index (χ2v) is 5.42. The molecule has 6 heteroatoms. The summed E-state index contributed by atoms with van der Waals surface area (Å²) in [4.78, 5) is 16.5. The summed E-state index contributed by atoms with van der Waals surface area (Å²) < 4.78 is 0. The topological polar surface area (TPSA) is 102 Å². The highest BCUT2D eigenvalue weighted by molar-refractivity contribution is 6.04. The second kappa shape index (κ2) is 7.61. The molecule has 0 atom stereocenters. The Balaban J connectivity index is 1.74. The van der Waals surface area contributed by atoms with Gasteiger partial charge in [-0.15, -0.1) is 0 Å². The number of carbonyl (C=O) groups is 1. The van der Waals surface area contributed by atoms with E-state index in [1.165, 1.54) is 6.20 Å². The Hall–Kier alpha value is -4.16. The molecule has 0 fully saturated rings. The SMILES string of the molecule is N#Cc1ccc(Nc2cncc(C(=O)Nc3cccc(C#N)c3)c2)cc1. The summed E-state index contributed by atoms with van der Waals surface area (Å²) in [6.45, 7) is 0. The van der Waals surface area contributed by atoms with Gasteiger partial charge in [-0.2, -0.15) is 10.5 Å². The van der Waals surface area contributed by atoms with Crippen LogP contribution in [0.1, 0.15) is 21.5 Å². The predicted octanol–water partition coefficient (Wildman–Crippen LogP) is 3.82. The molecular formula is C20H13N5O. The molecule has 2 aromatic carbocycles. The molecule has 124 valence electrons. The predicted molar refractivity (Wildman–Crippen MR) is 97.8 cm³/mol. The first-order valence-electron chi connectivity index (χ1n) is 7.72. The Morgan fingerprint density at radius 2 is 1.62 bits per heavy atom. The first-order valence-corrected chi connectivity index (χ1v) is 7.72. The summed E-state index contributed by atoms with van der Waals surface area (Å²) in [6, 6.07) is 19.4. The number of pyridine rings is 1. The van der Waals surface area contributed by atoms with Gasteiger partial charge in [0.25, 0.3) is 5.91 Å². The van der Waals surface area contributed by atoms with Crippen molar-refractivity contribution < 1.29 is 4.79 Å². The fourth-order valence-corrected chi connectivity index (χ4v) is 2.30. The third-order valence-electron chi connectivity index (χ3n) is 3.55. The number of nitrogens with zero attached hydrogens (tertiary/aromatic N) is 3. The molecule has 0 spiro atoms. The van der Waals surface area contributed by atoms with Crippen LogP contribution in [0.2, 0.25) is 0 Å². The van der Waals surface area contributed by atoms with Gasteiger partial charge in [-0.3, -0.25) is 9.78 Å². The molecule has 6 nitrogen and oxygen atoms in total. The van der Waals surface area contributed by atoms with E-state index < -0.39 is 0 Å². The Morgan fingerprint density at radius 3 is 2.35 bits per heavy atom. The van der Waals surface area contributed by atoms with E-state index in [9.17, 15) is 4.79 Å². The molecule has 0 saturated heterocycles. The van der Waals surface area contributed by atoms with Gasteiger partial charge in [-0.1, -0.05) is 6.07 Å². The van der Waals surface area contributed by atoms with Crippen LogP contribution in [0.25, 0.3) is 0 Å². The minimum Gasteiger partial charge on any atom is -0.354 e. The average Bonchev–Trinajstić information content (AvgIpc) is 2.69. The van der Waals surface area contributed by atoms with Crippen LogP contribution in [-0.4, -0.2) is 10.9 Å². The molecule has 0 aliphatic carbocycles. The second-order valence-electron chi connectivity index (χ2n) is 5.42. The number of amides is 1. The molecule has 2 N–H and O–H groups in total. The summed E-state index contributed by atoms with van der Waals surface area (Å²) in [5, 5.41) is 23.6. The van der Waals surface area contributed by atoms with Crippen LogP contribution in [0.4, 0.5) is 17.1 Å². The fraction of sp³-hybridized carbons (Fsp3) is 0. The number of aromatic nitrogens is 1. The number of hydrogen-bond acceptors (Lipinski definition) is 5. The van der Waals surface area contributed by atoms with E-state index in [0.29, 0.717) is 28.1 Å². The summed E-state index contributed by atoms with van der Waals surface area (Å²) in [5.74, 6) is -0.323. The van der Waals surface area contributed by atoms with Gasteiger partial charge in [0.2, 0.25) is 0 Å². The number of nitriles is 2. The zero-order valence-electron chi connectivity index (χ0n) is 13.6. The van der Waals surface area contributed by atoms with Crippen molar-refractivity contribution in [2.45, 2.75) is 0 Å². The standard InChI is InChI=1S/C20H13N5O/c21-10-14-4-6-17(7-5-14)24-19-9-16(12-23-13-19)20(26)25-18-3-1-2-15(8-18)11-22/h1-9,12-13,24H,(H,25,26). The molecule has 0 radical (unpaired) electrons. The van der Waals surface area contributed by atoms with Crippen LogP contribution in [0.5, 0.6) is 0 Å². The summed E-state index contributed by atoms with van der Waals surface area (Å²) in [5.41, 5.74) is 3.39. The Kier molecular flexibility index (Phi) is 4.88. The number of nitrogens with one attached hydrogen (secondary N) is 2. The van der Waals surface area contributed by atoms with Crippen LogP contribution in [0, 0.1) is 22.7 Å². The molecule has 1 aromatic heterocycles. The lowest BCUT2D eigenvalue weighted by atomic mass is 10.2. The number of anilines is 3. The van der Waals surface area contributed by atoms with Gasteiger partial charge < -0.3 is 10.6 Å². The van der Waals surface area contributed by atoms with E-state index >= 15 is 0 Å². The van der Waals surface area contributed by atoms with E-state index in [4.69, 9.17) is 10.5 Å². The molecule has 3 aromatic rings.